The summed E-state index contributed by atoms with van der Waals surface area (Å²) in [6.07, 6.45) is 4.02. The number of halogens is 1. The summed E-state index contributed by atoms with van der Waals surface area (Å²) in [5.41, 5.74) is 1.72. The van der Waals surface area contributed by atoms with Crippen molar-refractivity contribution in [3.05, 3.63) is 77.1 Å². The minimum Gasteiger partial charge on any atom is -0.460 e. The second kappa shape index (κ2) is 7.88. The van der Waals surface area contributed by atoms with Gasteiger partial charge < -0.3 is 4.74 Å². The Balaban J connectivity index is 1.56. The van der Waals surface area contributed by atoms with Crippen molar-refractivity contribution in [3.8, 4) is 0 Å². The Morgan fingerprint density at radius 1 is 1.17 bits per heavy atom. The van der Waals surface area contributed by atoms with E-state index in [1.54, 1.807) is 35.3 Å². The minimum atomic E-state index is -3.92. The number of ether oxygens (including phenoxy) is 1. The third kappa shape index (κ3) is 3.86. The Labute approximate surface area is 173 Å². The Morgan fingerprint density at radius 2 is 2.00 bits per heavy atom. The van der Waals surface area contributed by atoms with E-state index >= 15 is 0 Å². The van der Waals surface area contributed by atoms with Crippen LogP contribution in [0.3, 0.4) is 0 Å². The third-order valence-corrected chi connectivity index (χ3v) is 6.99. The van der Waals surface area contributed by atoms with Crippen LogP contribution in [0.4, 0.5) is 5.69 Å². The maximum absolute atomic E-state index is 13.2. The van der Waals surface area contributed by atoms with Gasteiger partial charge in [-0.05, 0) is 42.3 Å². The Hall–Kier alpha value is -2.84. The Bertz CT molecular complexity index is 1150. The lowest BCUT2D eigenvalue weighted by molar-refractivity contribution is 0.0487. The zero-order chi connectivity index (χ0) is 20.4. The topological polar surface area (TPSA) is 81.5 Å². The molecule has 0 amide bonds. The van der Waals surface area contributed by atoms with Gasteiger partial charge in [0.05, 0.1) is 22.8 Å². The Morgan fingerprint density at radius 3 is 2.79 bits per heavy atom. The smallest absolute Gasteiger partial charge is 0.338 e. The Kier molecular flexibility index (Phi) is 5.29. The van der Waals surface area contributed by atoms with Crippen molar-refractivity contribution >= 4 is 33.3 Å². The molecule has 0 saturated heterocycles. The van der Waals surface area contributed by atoms with Gasteiger partial charge in [0.25, 0.3) is 10.0 Å². The van der Waals surface area contributed by atoms with Gasteiger partial charge in [-0.15, -0.1) is 0 Å². The van der Waals surface area contributed by atoms with Gasteiger partial charge in [0.1, 0.15) is 11.5 Å². The van der Waals surface area contributed by atoms with Crippen molar-refractivity contribution in [1.29, 1.82) is 0 Å². The molecule has 9 heteroatoms. The summed E-state index contributed by atoms with van der Waals surface area (Å²) in [6.45, 7) is 0.851. The third-order valence-electron chi connectivity index (χ3n) is 4.69. The highest BCUT2D eigenvalue weighted by Crippen LogP contribution is 2.35. The van der Waals surface area contributed by atoms with Crippen molar-refractivity contribution in [3.63, 3.8) is 0 Å². The molecule has 0 aliphatic carbocycles. The maximum Gasteiger partial charge on any atom is 0.338 e. The van der Waals surface area contributed by atoms with E-state index in [1.807, 2.05) is 12.1 Å². The lowest BCUT2D eigenvalue weighted by Crippen LogP contribution is -2.29. The number of anilines is 1. The second-order valence-electron chi connectivity index (χ2n) is 6.51. The number of carbonyl (C=O) groups excluding carboxylic acids is 1. The van der Waals surface area contributed by atoms with Crippen LogP contribution >= 0.6 is 11.6 Å². The number of para-hydroxylation sites is 1. The standard InChI is InChI=1S/C20H18ClN3O4S/c21-17-7-6-16(20(25)28-13-12-23-10-3-9-22-23)14-19(17)29(26,27)24-11-8-15-4-1-2-5-18(15)24/h1-7,9-10,14H,8,11-13H2. The average molecular weight is 432 g/mol. The second-order valence-corrected chi connectivity index (χ2v) is 8.74. The SMILES string of the molecule is O=C(OCCn1cccn1)c1ccc(Cl)c(S(=O)(=O)N2CCc3ccccc32)c1. The van der Waals surface area contributed by atoms with Crippen LogP contribution in [0.25, 0.3) is 0 Å². The van der Waals surface area contributed by atoms with Gasteiger partial charge in [-0.1, -0.05) is 29.8 Å². The normalized spacial score (nSPS) is 13.3. The summed E-state index contributed by atoms with van der Waals surface area (Å²) < 4.78 is 34.7. The summed E-state index contributed by atoms with van der Waals surface area (Å²) in [5.74, 6) is -0.618. The number of rotatable bonds is 6. The molecule has 0 radical (unpaired) electrons. The number of hydrogen-bond donors (Lipinski definition) is 0. The van der Waals surface area contributed by atoms with Crippen LogP contribution in [0.1, 0.15) is 15.9 Å². The molecule has 0 N–H and O–H groups in total. The van der Waals surface area contributed by atoms with E-state index < -0.39 is 16.0 Å². The van der Waals surface area contributed by atoms with Crippen molar-refractivity contribution < 1.29 is 17.9 Å². The van der Waals surface area contributed by atoms with Gasteiger partial charge in [-0.2, -0.15) is 5.10 Å². The first-order valence-electron chi connectivity index (χ1n) is 9.01. The lowest BCUT2D eigenvalue weighted by Gasteiger charge is -2.20. The molecule has 0 saturated carbocycles. The van der Waals surface area contributed by atoms with Crippen molar-refractivity contribution in [1.82, 2.24) is 9.78 Å². The van der Waals surface area contributed by atoms with Crippen LogP contribution in [0.2, 0.25) is 5.02 Å². The van der Waals surface area contributed by atoms with Gasteiger partial charge in [0, 0.05) is 18.9 Å². The van der Waals surface area contributed by atoms with Crippen LogP contribution in [0, 0.1) is 0 Å². The molecule has 2 heterocycles. The zero-order valence-electron chi connectivity index (χ0n) is 15.4. The molecule has 0 unspecified atom stereocenters. The molecular weight excluding hydrogens is 414 g/mol. The van der Waals surface area contributed by atoms with Crippen LogP contribution in [-0.2, 0) is 27.7 Å². The van der Waals surface area contributed by atoms with Crippen LogP contribution < -0.4 is 4.31 Å². The van der Waals surface area contributed by atoms with E-state index in [0.717, 1.165) is 5.56 Å². The fraction of sp³-hybridized carbons (Fsp3) is 0.200. The van der Waals surface area contributed by atoms with Crippen molar-refractivity contribution in [2.45, 2.75) is 17.9 Å². The fourth-order valence-electron chi connectivity index (χ4n) is 3.25. The average Bonchev–Trinajstić information content (AvgIpc) is 3.38. The van der Waals surface area contributed by atoms with Crippen LogP contribution in [0.15, 0.2) is 65.8 Å². The number of benzene rings is 2. The molecule has 2 aromatic carbocycles. The van der Waals surface area contributed by atoms with E-state index in [0.29, 0.717) is 25.2 Å². The summed E-state index contributed by atoms with van der Waals surface area (Å²) in [7, 11) is -3.92. The minimum absolute atomic E-state index is 0.0578. The number of nitrogens with zero attached hydrogens (tertiary/aromatic N) is 3. The first-order chi connectivity index (χ1) is 14.0. The van der Waals surface area contributed by atoms with E-state index in [2.05, 4.69) is 5.10 Å². The molecule has 0 atom stereocenters. The van der Waals surface area contributed by atoms with E-state index in [9.17, 15) is 13.2 Å². The van der Waals surface area contributed by atoms with Gasteiger partial charge >= 0.3 is 5.97 Å². The number of carbonyl (C=O) groups is 1. The van der Waals surface area contributed by atoms with Crippen molar-refractivity contribution in [2.75, 3.05) is 17.5 Å². The van der Waals surface area contributed by atoms with Gasteiger partial charge in [0.15, 0.2) is 0 Å². The molecule has 7 nitrogen and oxygen atoms in total. The molecule has 0 spiro atoms. The quantitative estimate of drug-likeness (QED) is 0.560. The zero-order valence-corrected chi connectivity index (χ0v) is 16.9. The van der Waals surface area contributed by atoms with Gasteiger partial charge in [0.2, 0.25) is 0 Å². The number of hydrogen-bond acceptors (Lipinski definition) is 5. The number of aromatic nitrogens is 2. The molecular formula is C20H18ClN3O4S. The first kappa shape index (κ1) is 19.5. The van der Waals surface area contributed by atoms with E-state index in [-0.39, 0.29) is 22.1 Å². The fourth-order valence-corrected chi connectivity index (χ4v) is 5.26. The maximum atomic E-state index is 13.2. The highest BCUT2D eigenvalue weighted by molar-refractivity contribution is 7.93. The summed E-state index contributed by atoms with van der Waals surface area (Å²) in [4.78, 5) is 12.3. The number of fused-ring (bicyclic) bond motifs is 1. The van der Waals surface area contributed by atoms with Gasteiger partial charge in [-0.25, -0.2) is 13.2 Å². The van der Waals surface area contributed by atoms with Gasteiger partial charge in [-0.3, -0.25) is 8.99 Å². The predicted octanol–water partition coefficient (Wildman–Crippen LogP) is 3.14. The molecule has 0 fully saturated rings. The van der Waals surface area contributed by atoms with Crippen LogP contribution in [-0.4, -0.2) is 37.3 Å². The number of esters is 1. The highest BCUT2D eigenvalue weighted by atomic mass is 35.5. The molecule has 1 aliphatic rings. The summed E-state index contributed by atoms with van der Waals surface area (Å²) in [6, 6.07) is 13.2. The summed E-state index contributed by atoms with van der Waals surface area (Å²) >= 11 is 6.19. The predicted molar refractivity (Wildman–Crippen MR) is 109 cm³/mol. The monoisotopic (exact) mass is 431 g/mol. The van der Waals surface area contributed by atoms with Crippen LogP contribution in [0.5, 0.6) is 0 Å². The molecule has 1 aliphatic heterocycles. The molecule has 1 aromatic heterocycles. The highest BCUT2D eigenvalue weighted by Gasteiger charge is 2.32. The molecule has 29 heavy (non-hydrogen) atoms. The molecule has 0 bridgehead atoms. The molecule has 3 aromatic rings. The molecule has 150 valence electrons. The van der Waals surface area contributed by atoms with E-state index in [4.69, 9.17) is 16.3 Å². The molecule has 4 rings (SSSR count). The van der Waals surface area contributed by atoms with E-state index in [1.165, 1.54) is 22.5 Å². The largest absolute Gasteiger partial charge is 0.460 e. The van der Waals surface area contributed by atoms with Crippen molar-refractivity contribution in [2.24, 2.45) is 0 Å². The first-order valence-corrected chi connectivity index (χ1v) is 10.8. The lowest BCUT2D eigenvalue weighted by atomic mass is 10.2. The number of sulfonamides is 1. The summed E-state index contributed by atoms with van der Waals surface area (Å²) in [5, 5.41) is 4.09.